The van der Waals surface area contributed by atoms with Gasteiger partial charge in [0, 0.05) is 18.4 Å². The van der Waals surface area contributed by atoms with Crippen molar-refractivity contribution in [1.82, 2.24) is 4.57 Å². The quantitative estimate of drug-likeness (QED) is 0.661. The van der Waals surface area contributed by atoms with Gasteiger partial charge in [-0.05, 0) is 31.2 Å². The van der Waals surface area contributed by atoms with E-state index in [4.69, 9.17) is 16.3 Å². The van der Waals surface area contributed by atoms with Gasteiger partial charge in [0.25, 0.3) is 0 Å². The van der Waals surface area contributed by atoms with Crippen molar-refractivity contribution in [2.75, 3.05) is 11.9 Å². The zero-order valence-electron chi connectivity index (χ0n) is 15.1. The summed E-state index contributed by atoms with van der Waals surface area (Å²) in [7, 11) is 0. The first-order valence-electron chi connectivity index (χ1n) is 8.73. The van der Waals surface area contributed by atoms with Gasteiger partial charge in [0.15, 0.2) is 5.75 Å². The van der Waals surface area contributed by atoms with Gasteiger partial charge < -0.3 is 19.7 Å². The van der Waals surface area contributed by atoms with Crippen LogP contribution in [0.25, 0.3) is 10.9 Å². The van der Waals surface area contributed by atoms with Crippen molar-refractivity contribution in [3.8, 4) is 5.75 Å². The Morgan fingerprint density at radius 1 is 1.34 bits per heavy atom. The third kappa shape index (κ3) is 3.19. The van der Waals surface area contributed by atoms with Crippen LogP contribution in [0.1, 0.15) is 28.9 Å². The molecule has 4 rings (SSSR count). The van der Waals surface area contributed by atoms with Gasteiger partial charge in [-0.25, -0.2) is 13.6 Å². The minimum atomic E-state index is -1.37. The van der Waals surface area contributed by atoms with Crippen molar-refractivity contribution < 1.29 is 23.4 Å². The number of carbonyl (C=O) groups is 1. The predicted molar refractivity (Wildman–Crippen MR) is 104 cm³/mol. The number of nitrogens with zero attached hydrogens (tertiary/aromatic N) is 1. The van der Waals surface area contributed by atoms with Crippen molar-refractivity contribution in [2.45, 2.75) is 19.5 Å². The van der Waals surface area contributed by atoms with Crippen molar-refractivity contribution in [1.29, 1.82) is 0 Å². The first kappa shape index (κ1) is 19.2. The molecule has 29 heavy (non-hydrogen) atoms. The monoisotopic (exact) mass is 420 g/mol. The number of ether oxygens (including phenoxy) is 1. The van der Waals surface area contributed by atoms with E-state index in [0.29, 0.717) is 11.2 Å². The van der Waals surface area contributed by atoms with E-state index in [1.807, 2.05) is 0 Å². The largest absolute Gasteiger partial charge is 0.489 e. The standard InChI is InChI=1S/C20H15ClF2N2O4/c1-9-8-29-19-12(6-24-10-2-3-15(22)14(21)4-10)16(23)5-11-17(19)25(9)7-13(18(11)26)20(27)28/h2-5,7,9,24H,6,8H2,1H3,(H,27,28)/t9-/m0/s1. The first-order chi connectivity index (χ1) is 13.8. The molecule has 2 heterocycles. The van der Waals surface area contributed by atoms with E-state index in [9.17, 15) is 23.5 Å². The molecule has 2 N–H and O–H groups in total. The molecule has 1 aliphatic heterocycles. The number of nitrogens with one attached hydrogen (secondary N) is 1. The van der Waals surface area contributed by atoms with Crippen molar-refractivity contribution >= 4 is 34.2 Å². The Bertz CT molecular complexity index is 1230. The Hall–Kier alpha value is -3.13. The van der Waals surface area contributed by atoms with Crippen molar-refractivity contribution in [3.63, 3.8) is 0 Å². The Kier molecular flexibility index (Phi) is 4.66. The number of benzene rings is 2. The average molecular weight is 421 g/mol. The lowest BCUT2D eigenvalue weighted by Crippen LogP contribution is -2.27. The average Bonchev–Trinajstić information content (AvgIpc) is 2.67. The molecule has 0 saturated heterocycles. The summed E-state index contributed by atoms with van der Waals surface area (Å²) >= 11 is 5.77. The lowest BCUT2D eigenvalue weighted by Gasteiger charge is -2.28. The van der Waals surface area contributed by atoms with Crippen LogP contribution < -0.4 is 15.5 Å². The van der Waals surface area contributed by atoms with Gasteiger partial charge in [0.1, 0.15) is 23.8 Å². The normalized spacial score (nSPS) is 15.2. The fourth-order valence-corrected chi connectivity index (χ4v) is 3.57. The number of hydrogen-bond acceptors (Lipinski definition) is 4. The smallest absolute Gasteiger partial charge is 0.341 e. The number of aromatic carboxylic acids is 1. The van der Waals surface area contributed by atoms with E-state index in [2.05, 4.69) is 5.32 Å². The molecular formula is C20H15ClF2N2O4. The van der Waals surface area contributed by atoms with Crippen molar-refractivity contribution in [2.24, 2.45) is 0 Å². The van der Waals surface area contributed by atoms with E-state index in [1.54, 1.807) is 11.5 Å². The van der Waals surface area contributed by atoms with E-state index >= 15 is 0 Å². The maximum absolute atomic E-state index is 14.9. The summed E-state index contributed by atoms with van der Waals surface area (Å²) in [4.78, 5) is 24.0. The summed E-state index contributed by atoms with van der Waals surface area (Å²) < 4.78 is 35.6. The fraction of sp³-hybridized carbons (Fsp3) is 0.200. The minimum absolute atomic E-state index is 0.0116. The number of carboxylic acids is 1. The van der Waals surface area contributed by atoms with Crippen molar-refractivity contribution in [3.05, 3.63) is 68.5 Å². The Balaban J connectivity index is 1.85. The molecule has 0 amide bonds. The highest BCUT2D eigenvalue weighted by Crippen LogP contribution is 2.37. The number of aromatic nitrogens is 1. The second-order valence-electron chi connectivity index (χ2n) is 6.79. The molecule has 6 nitrogen and oxygen atoms in total. The van der Waals surface area contributed by atoms with Gasteiger partial charge in [-0.1, -0.05) is 11.6 Å². The van der Waals surface area contributed by atoms with Crippen LogP contribution in [0.15, 0.2) is 35.3 Å². The van der Waals surface area contributed by atoms with Gasteiger partial charge >= 0.3 is 5.97 Å². The molecule has 1 atom stereocenters. The molecule has 2 aromatic carbocycles. The van der Waals surface area contributed by atoms with Gasteiger partial charge in [0.2, 0.25) is 5.43 Å². The molecule has 1 aliphatic rings. The number of anilines is 1. The number of pyridine rings is 1. The second-order valence-corrected chi connectivity index (χ2v) is 7.20. The van der Waals surface area contributed by atoms with Crippen LogP contribution in [-0.4, -0.2) is 22.2 Å². The molecule has 0 bridgehead atoms. The molecule has 0 fully saturated rings. The third-order valence-corrected chi connectivity index (χ3v) is 5.17. The molecule has 0 saturated carbocycles. The summed E-state index contributed by atoms with van der Waals surface area (Å²) in [5.74, 6) is -2.48. The molecule has 3 aromatic rings. The molecule has 0 aliphatic carbocycles. The van der Waals surface area contributed by atoms with Crippen LogP contribution in [0.2, 0.25) is 5.02 Å². The summed E-state index contributed by atoms with van der Waals surface area (Å²) in [5.41, 5.74) is -0.212. The Morgan fingerprint density at radius 2 is 2.10 bits per heavy atom. The molecular weight excluding hydrogens is 406 g/mol. The molecule has 0 unspecified atom stereocenters. The van der Waals surface area contributed by atoms with Crippen LogP contribution in [-0.2, 0) is 6.54 Å². The van der Waals surface area contributed by atoms with Crippen LogP contribution in [0.5, 0.6) is 5.75 Å². The van der Waals surface area contributed by atoms with Crippen LogP contribution in [0.3, 0.4) is 0 Å². The maximum atomic E-state index is 14.9. The molecule has 0 spiro atoms. The molecule has 0 radical (unpaired) electrons. The Labute approximate surface area is 168 Å². The Morgan fingerprint density at radius 3 is 2.79 bits per heavy atom. The van der Waals surface area contributed by atoms with Crippen LogP contribution in [0, 0.1) is 11.6 Å². The summed E-state index contributed by atoms with van der Waals surface area (Å²) in [6, 6.07) is 4.81. The highest BCUT2D eigenvalue weighted by atomic mass is 35.5. The third-order valence-electron chi connectivity index (χ3n) is 4.88. The summed E-state index contributed by atoms with van der Waals surface area (Å²) in [6.07, 6.45) is 1.26. The van der Waals surface area contributed by atoms with Crippen LogP contribution >= 0.6 is 11.6 Å². The highest BCUT2D eigenvalue weighted by Gasteiger charge is 2.27. The van der Waals surface area contributed by atoms with Gasteiger partial charge in [0.05, 0.1) is 27.5 Å². The molecule has 1 aromatic heterocycles. The summed E-state index contributed by atoms with van der Waals surface area (Å²) in [6.45, 7) is 1.98. The maximum Gasteiger partial charge on any atom is 0.341 e. The van der Waals surface area contributed by atoms with Gasteiger partial charge in [-0.2, -0.15) is 0 Å². The summed E-state index contributed by atoms with van der Waals surface area (Å²) in [5, 5.41) is 12.1. The number of carboxylic acid groups (broad SMARTS) is 1. The number of halogens is 3. The highest BCUT2D eigenvalue weighted by molar-refractivity contribution is 6.31. The SMILES string of the molecule is C[C@H]1COc2c(CNc3ccc(F)c(Cl)c3)c(F)cc3c(=O)c(C(=O)O)cn1c23. The van der Waals surface area contributed by atoms with Gasteiger partial charge in [-0.3, -0.25) is 4.79 Å². The zero-order valence-corrected chi connectivity index (χ0v) is 15.9. The molecule has 150 valence electrons. The topological polar surface area (TPSA) is 80.6 Å². The lowest BCUT2D eigenvalue weighted by atomic mass is 10.0. The second kappa shape index (κ2) is 7.04. The molecule has 9 heteroatoms. The zero-order chi connectivity index (χ0) is 20.9. The number of hydrogen-bond donors (Lipinski definition) is 2. The fourth-order valence-electron chi connectivity index (χ4n) is 3.39. The van der Waals surface area contributed by atoms with Gasteiger partial charge in [-0.15, -0.1) is 0 Å². The minimum Gasteiger partial charge on any atom is -0.489 e. The first-order valence-corrected chi connectivity index (χ1v) is 9.11. The predicted octanol–water partition coefficient (Wildman–Crippen LogP) is 4.20. The van der Waals surface area contributed by atoms with Crippen LogP contribution in [0.4, 0.5) is 14.5 Å². The van der Waals surface area contributed by atoms with E-state index in [-0.39, 0.29) is 40.9 Å². The van der Waals surface area contributed by atoms with E-state index < -0.39 is 28.6 Å². The lowest BCUT2D eigenvalue weighted by molar-refractivity contribution is 0.0694. The van der Waals surface area contributed by atoms with E-state index in [1.165, 1.54) is 24.4 Å². The van der Waals surface area contributed by atoms with E-state index in [0.717, 1.165) is 6.07 Å². The number of rotatable bonds is 4.